The van der Waals surface area contributed by atoms with Gasteiger partial charge in [0.1, 0.15) is 0 Å². The maximum atomic E-state index is 13.3. The zero-order valence-corrected chi connectivity index (χ0v) is 12.1. The van der Waals surface area contributed by atoms with Gasteiger partial charge >= 0.3 is 11.9 Å². The lowest BCUT2D eigenvalue weighted by Gasteiger charge is -2.06. The van der Waals surface area contributed by atoms with Crippen molar-refractivity contribution in [2.75, 3.05) is 0 Å². The van der Waals surface area contributed by atoms with Crippen molar-refractivity contribution >= 4 is 11.9 Å². The Hall–Kier alpha value is -2.76. The predicted molar refractivity (Wildman–Crippen MR) is 77.9 cm³/mol. The lowest BCUT2D eigenvalue weighted by Crippen LogP contribution is -2.12. The molecule has 0 aromatic heterocycles. The van der Waals surface area contributed by atoms with E-state index >= 15 is 0 Å². The lowest BCUT2D eigenvalue weighted by molar-refractivity contribution is -0.136. The average molecular weight is 320 g/mol. The number of halogens is 2. The van der Waals surface area contributed by atoms with E-state index in [9.17, 15) is 18.4 Å². The van der Waals surface area contributed by atoms with Gasteiger partial charge in [-0.15, -0.1) is 0 Å². The molecule has 4 nitrogen and oxygen atoms in total. The molecule has 0 fully saturated rings. The number of hydrogen-bond donors (Lipinski definition) is 0. The maximum Gasteiger partial charge on any atom is 0.311 e. The molecule has 0 aliphatic heterocycles. The minimum Gasteiger partial charge on any atom is -0.423 e. The van der Waals surface area contributed by atoms with Crippen molar-refractivity contribution in [3.05, 3.63) is 60.2 Å². The van der Waals surface area contributed by atoms with Gasteiger partial charge < -0.3 is 9.47 Å². The van der Waals surface area contributed by atoms with Crippen LogP contribution in [-0.2, 0) is 9.59 Å². The summed E-state index contributed by atoms with van der Waals surface area (Å²) in [5.74, 6) is -2.92. The van der Waals surface area contributed by atoms with Gasteiger partial charge in [-0.1, -0.05) is 24.3 Å². The fraction of sp³-hybridized carbons (Fsp3) is 0.176. The first-order chi connectivity index (χ1) is 11.1. The Bertz CT molecular complexity index is 641. The molecule has 6 heteroatoms. The zero-order valence-electron chi connectivity index (χ0n) is 12.1. The third kappa shape index (κ3) is 5.18. The molecule has 0 N–H and O–H groups in total. The van der Waals surface area contributed by atoms with Crippen molar-refractivity contribution < 1.29 is 27.8 Å². The molecule has 0 spiro atoms. The van der Waals surface area contributed by atoms with Crippen LogP contribution in [0.1, 0.15) is 19.3 Å². The van der Waals surface area contributed by atoms with E-state index in [-0.39, 0.29) is 30.8 Å². The first-order valence-electron chi connectivity index (χ1n) is 6.96. The van der Waals surface area contributed by atoms with Crippen LogP contribution in [0.3, 0.4) is 0 Å². The van der Waals surface area contributed by atoms with Crippen molar-refractivity contribution in [3.63, 3.8) is 0 Å². The van der Waals surface area contributed by atoms with Gasteiger partial charge in [-0.2, -0.15) is 0 Å². The summed E-state index contributed by atoms with van der Waals surface area (Å²) in [6, 6.07) is 11.0. The number of benzene rings is 2. The fourth-order valence-corrected chi connectivity index (χ4v) is 1.78. The third-order valence-electron chi connectivity index (χ3n) is 2.88. The second kappa shape index (κ2) is 8.03. The summed E-state index contributed by atoms with van der Waals surface area (Å²) in [5.41, 5.74) is 0. The minimum atomic E-state index is -0.659. The number of rotatable bonds is 6. The second-order valence-electron chi connectivity index (χ2n) is 4.66. The summed E-state index contributed by atoms with van der Waals surface area (Å²) < 4.78 is 36.3. The van der Waals surface area contributed by atoms with Crippen molar-refractivity contribution in [2.45, 2.75) is 19.3 Å². The quantitative estimate of drug-likeness (QED) is 0.602. The molecule has 0 bridgehead atoms. The Labute approximate surface area is 131 Å². The highest BCUT2D eigenvalue weighted by molar-refractivity contribution is 5.75. The van der Waals surface area contributed by atoms with Crippen molar-refractivity contribution in [1.82, 2.24) is 0 Å². The molecule has 0 saturated carbocycles. The molecule has 0 heterocycles. The molecule has 2 aromatic carbocycles. The minimum absolute atomic E-state index is 0.0826. The maximum absolute atomic E-state index is 13.3. The van der Waals surface area contributed by atoms with Gasteiger partial charge in [0.15, 0.2) is 23.1 Å². The van der Waals surface area contributed by atoms with E-state index in [1.165, 1.54) is 48.5 Å². The first-order valence-corrected chi connectivity index (χ1v) is 6.96. The van der Waals surface area contributed by atoms with E-state index in [0.717, 1.165) is 0 Å². The van der Waals surface area contributed by atoms with Crippen molar-refractivity contribution in [3.8, 4) is 11.5 Å². The number of esters is 2. The van der Waals surface area contributed by atoms with E-state index < -0.39 is 23.6 Å². The fourth-order valence-electron chi connectivity index (χ4n) is 1.78. The SMILES string of the molecule is O=C(CCCC(=O)Oc1ccccc1F)Oc1ccccc1F. The summed E-state index contributed by atoms with van der Waals surface area (Å²) in [4.78, 5) is 23.1. The Morgan fingerprint density at radius 3 is 1.52 bits per heavy atom. The van der Waals surface area contributed by atoms with Crippen LogP contribution in [0.4, 0.5) is 8.78 Å². The van der Waals surface area contributed by atoms with Crippen LogP contribution in [0.25, 0.3) is 0 Å². The number of hydrogen-bond acceptors (Lipinski definition) is 4. The summed E-state index contributed by atoms with van der Waals surface area (Å²) >= 11 is 0. The molecule has 2 aromatic rings. The Morgan fingerprint density at radius 2 is 1.13 bits per heavy atom. The second-order valence-corrected chi connectivity index (χ2v) is 4.66. The number of ether oxygens (including phenoxy) is 2. The lowest BCUT2D eigenvalue weighted by atomic mass is 10.2. The molecule has 2 rings (SSSR count). The van der Waals surface area contributed by atoms with Crippen LogP contribution >= 0.6 is 0 Å². The summed E-state index contributed by atoms with van der Waals surface area (Å²) in [6.45, 7) is 0. The Morgan fingerprint density at radius 1 is 0.739 bits per heavy atom. The van der Waals surface area contributed by atoms with Gasteiger partial charge in [-0.3, -0.25) is 9.59 Å². The molecular weight excluding hydrogens is 306 g/mol. The molecule has 0 saturated heterocycles. The summed E-state index contributed by atoms with van der Waals surface area (Å²) in [6.07, 6.45) is -0.0119. The van der Waals surface area contributed by atoms with Gasteiger partial charge in [0, 0.05) is 12.8 Å². The van der Waals surface area contributed by atoms with E-state index in [2.05, 4.69) is 0 Å². The highest BCUT2D eigenvalue weighted by atomic mass is 19.1. The zero-order chi connectivity index (χ0) is 16.7. The highest BCUT2D eigenvalue weighted by Gasteiger charge is 2.12. The van der Waals surface area contributed by atoms with Crippen LogP contribution in [-0.4, -0.2) is 11.9 Å². The highest BCUT2D eigenvalue weighted by Crippen LogP contribution is 2.18. The molecule has 120 valence electrons. The van der Waals surface area contributed by atoms with Crippen molar-refractivity contribution in [2.24, 2.45) is 0 Å². The molecule has 0 aliphatic carbocycles. The van der Waals surface area contributed by atoms with Crippen LogP contribution in [0.5, 0.6) is 11.5 Å². The van der Waals surface area contributed by atoms with E-state index in [0.29, 0.717) is 0 Å². The van der Waals surface area contributed by atoms with Gasteiger partial charge in [0.05, 0.1) is 0 Å². The topological polar surface area (TPSA) is 52.6 Å². The average Bonchev–Trinajstić information content (AvgIpc) is 2.52. The normalized spacial score (nSPS) is 10.2. The third-order valence-corrected chi connectivity index (χ3v) is 2.88. The van der Waals surface area contributed by atoms with Crippen molar-refractivity contribution in [1.29, 1.82) is 0 Å². The van der Waals surface area contributed by atoms with Gasteiger partial charge in [0.25, 0.3) is 0 Å². The van der Waals surface area contributed by atoms with Gasteiger partial charge in [-0.25, -0.2) is 8.78 Å². The monoisotopic (exact) mass is 320 g/mol. The van der Waals surface area contributed by atoms with E-state index in [4.69, 9.17) is 9.47 Å². The smallest absolute Gasteiger partial charge is 0.311 e. The first kappa shape index (κ1) is 16.6. The van der Waals surface area contributed by atoms with Crippen LogP contribution in [0.15, 0.2) is 48.5 Å². The van der Waals surface area contributed by atoms with E-state index in [1.54, 1.807) is 0 Å². The van der Waals surface area contributed by atoms with Crippen LogP contribution in [0, 0.1) is 11.6 Å². The largest absolute Gasteiger partial charge is 0.423 e. The molecule has 23 heavy (non-hydrogen) atoms. The number of carbonyl (C=O) groups is 2. The summed E-state index contributed by atoms with van der Waals surface area (Å²) in [7, 11) is 0. The van der Waals surface area contributed by atoms with Gasteiger partial charge in [-0.05, 0) is 30.7 Å². The van der Waals surface area contributed by atoms with E-state index in [1.807, 2.05) is 0 Å². The Kier molecular flexibility index (Phi) is 5.80. The van der Waals surface area contributed by atoms with Gasteiger partial charge in [0.2, 0.25) is 0 Å². The van der Waals surface area contributed by atoms with Crippen LogP contribution in [0.2, 0.25) is 0 Å². The summed E-state index contributed by atoms with van der Waals surface area (Å²) in [5, 5.41) is 0. The Balaban J connectivity index is 1.74. The number of para-hydroxylation sites is 2. The molecule has 0 unspecified atom stereocenters. The molecule has 0 amide bonds. The standard InChI is InChI=1S/C17H14F2O4/c18-12-6-1-3-8-14(12)22-16(20)10-5-11-17(21)23-15-9-4-2-7-13(15)19/h1-4,6-9H,5,10-11H2. The molecule has 0 radical (unpaired) electrons. The molecule has 0 aliphatic rings. The number of carbonyl (C=O) groups excluding carboxylic acids is 2. The van der Waals surface area contributed by atoms with Crippen LogP contribution < -0.4 is 9.47 Å². The molecular formula is C17H14F2O4. The molecule has 0 atom stereocenters. The predicted octanol–water partition coefficient (Wildman–Crippen LogP) is 3.65.